The molecule has 0 spiro atoms. The van der Waals surface area contributed by atoms with Gasteiger partial charge in [0, 0.05) is 18.5 Å². The summed E-state index contributed by atoms with van der Waals surface area (Å²) in [6.07, 6.45) is 0.924. The smallest absolute Gasteiger partial charge is 0.410 e. The van der Waals surface area contributed by atoms with E-state index in [-0.39, 0.29) is 6.09 Å². The summed E-state index contributed by atoms with van der Waals surface area (Å²) in [5.74, 6) is 0. The van der Waals surface area contributed by atoms with Gasteiger partial charge < -0.3 is 15.4 Å². The summed E-state index contributed by atoms with van der Waals surface area (Å²) >= 11 is 0. The van der Waals surface area contributed by atoms with Crippen LogP contribution in [0.15, 0.2) is 0 Å². The summed E-state index contributed by atoms with van der Waals surface area (Å²) in [6, 6.07) is 0. The molecule has 4 nitrogen and oxygen atoms in total. The molecule has 1 rings (SSSR count). The van der Waals surface area contributed by atoms with Gasteiger partial charge in [0.25, 0.3) is 0 Å². The predicted octanol–water partition coefficient (Wildman–Crippen LogP) is 1.93. The highest BCUT2D eigenvalue weighted by Crippen LogP contribution is 2.34. The Morgan fingerprint density at radius 2 is 2.18 bits per heavy atom. The molecule has 0 bridgehead atoms. The topological polar surface area (TPSA) is 55.6 Å². The van der Waals surface area contributed by atoms with Crippen molar-refractivity contribution in [2.24, 2.45) is 11.1 Å². The molecule has 1 fully saturated rings. The van der Waals surface area contributed by atoms with Crippen molar-refractivity contribution in [2.45, 2.75) is 39.2 Å². The molecular weight excluding hydrogens is 223 g/mol. The Morgan fingerprint density at radius 1 is 1.53 bits per heavy atom. The van der Waals surface area contributed by atoms with Crippen molar-refractivity contribution >= 4 is 6.09 Å². The van der Waals surface area contributed by atoms with Crippen LogP contribution in [0.3, 0.4) is 0 Å². The van der Waals surface area contributed by atoms with Crippen LogP contribution in [0.2, 0.25) is 0 Å². The number of carbonyl (C=O) groups is 1. The van der Waals surface area contributed by atoms with E-state index in [1.54, 1.807) is 4.90 Å². The number of carbonyl (C=O) groups excluding carboxylic acids is 1. The second-order valence-corrected chi connectivity index (χ2v) is 5.82. The first-order chi connectivity index (χ1) is 7.82. The quantitative estimate of drug-likeness (QED) is 0.828. The summed E-state index contributed by atoms with van der Waals surface area (Å²) in [7, 11) is 0. The summed E-state index contributed by atoms with van der Waals surface area (Å²) in [5.41, 5.74) is 4.53. The summed E-state index contributed by atoms with van der Waals surface area (Å²) < 4.78 is 18.4. The maximum atomic E-state index is 13.1. The van der Waals surface area contributed by atoms with Crippen molar-refractivity contribution in [3.05, 3.63) is 0 Å². The van der Waals surface area contributed by atoms with E-state index >= 15 is 0 Å². The minimum Gasteiger partial charge on any atom is -0.444 e. The van der Waals surface area contributed by atoms with Crippen molar-refractivity contribution in [3.63, 3.8) is 0 Å². The Morgan fingerprint density at radius 3 is 2.65 bits per heavy atom. The van der Waals surface area contributed by atoms with E-state index in [0.717, 1.165) is 0 Å². The van der Waals surface area contributed by atoms with Crippen LogP contribution in [-0.2, 0) is 4.74 Å². The Kier molecular flexibility index (Phi) is 4.36. The molecule has 5 heteroatoms. The van der Waals surface area contributed by atoms with Crippen LogP contribution in [0.25, 0.3) is 0 Å². The lowest BCUT2D eigenvalue weighted by Gasteiger charge is -2.27. The van der Waals surface area contributed by atoms with Gasteiger partial charge in [-0.3, -0.25) is 4.39 Å². The van der Waals surface area contributed by atoms with E-state index in [9.17, 15) is 9.18 Å². The van der Waals surface area contributed by atoms with Crippen LogP contribution in [-0.4, -0.2) is 42.9 Å². The Labute approximate surface area is 102 Å². The monoisotopic (exact) mass is 246 g/mol. The van der Waals surface area contributed by atoms with Crippen molar-refractivity contribution in [1.82, 2.24) is 4.90 Å². The van der Waals surface area contributed by atoms with Gasteiger partial charge in [-0.05, 0) is 40.2 Å². The molecule has 0 aliphatic carbocycles. The lowest BCUT2D eigenvalue weighted by Crippen LogP contribution is -2.38. The fourth-order valence-electron chi connectivity index (χ4n) is 2.10. The van der Waals surface area contributed by atoms with Gasteiger partial charge in [0.2, 0.25) is 0 Å². The van der Waals surface area contributed by atoms with Crippen LogP contribution in [0.1, 0.15) is 33.6 Å². The lowest BCUT2D eigenvalue weighted by atomic mass is 9.85. The third kappa shape index (κ3) is 3.84. The van der Waals surface area contributed by atoms with Gasteiger partial charge in [-0.25, -0.2) is 4.79 Å². The van der Waals surface area contributed by atoms with Crippen LogP contribution in [0, 0.1) is 5.41 Å². The van der Waals surface area contributed by atoms with E-state index in [0.29, 0.717) is 32.5 Å². The maximum Gasteiger partial charge on any atom is 0.410 e. The van der Waals surface area contributed by atoms with Crippen molar-refractivity contribution in [2.75, 3.05) is 26.3 Å². The molecule has 1 saturated heterocycles. The molecule has 1 atom stereocenters. The first-order valence-corrected chi connectivity index (χ1v) is 6.06. The molecular formula is C12H23FN2O2. The van der Waals surface area contributed by atoms with E-state index in [1.807, 2.05) is 20.8 Å². The number of likely N-dealkylation sites (tertiary alicyclic amines) is 1. The third-order valence-electron chi connectivity index (χ3n) is 3.05. The second kappa shape index (κ2) is 5.21. The molecule has 1 aliphatic heterocycles. The van der Waals surface area contributed by atoms with E-state index < -0.39 is 17.7 Å². The van der Waals surface area contributed by atoms with Crippen LogP contribution in [0.4, 0.5) is 9.18 Å². The van der Waals surface area contributed by atoms with Gasteiger partial charge in [0.1, 0.15) is 5.60 Å². The van der Waals surface area contributed by atoms with Gasteiger partial charge in [-0.1, -0.05) is 0 Å². The Balaban J connectivity index is 2.57. The number of hydrogen-bond acceptors (Lipinski definition) is 3. The number of amides is 1. The highest BCUT2D eigenvalue weighted by atomic mass is 19.1. The largest absolute Gasteiger partial charge is 0.444 e. The van der Waals surface area contributed by atoms with E-state index in [2.05, 4.69) is 0 Å². The average molecular weight is 246 g/mol. The summed E-state index contributed by atoms with van der Waals surface area (Å²) in [6.45, 7) is 6.46. The Bertz CT molecular complexity index is 278. The normalized spacial score (nSPS) is 25.1. The third-order valence-corrected chi connectivity index (χ3v) is 3.05. The first-order valence-electron chi connectivity index (χ1n) is 6.06. The minimum atomic E-state index is -0.508. The highest BCUT2D eigenvalue weighted by Gasteiger charge is 2.40. The van der Waals surface area contributed by atoms with Gasteiger partial charge in [-0.2, -0.15) is 0 Å². The molecule has 0 aromatic heterocycles. The fourth-order valence-corrected chi connectivity index (χ4v) is 2.10. The molecule has 1 amide bonds. The first kappa shape index (κ1) is 14.2. The van der Waals surface area contributed by atoms with Gasteiger partial charge in [0.05, 0.1) is 6.67 Å². The molecule has 0 aromatic carbocycles. The molecule has 17 heavy (non-hydrogen) atoms. The molecule has 1 aliphatic rings. The maximum absolute atomic E-state index is 13.1. The standard InChI is InChI=1S/C12H23FN2O2/c1-11(2,3)17-10(16)15-7-5-12(8-13,9-15)4-6-14/h4-9,14H2,1-3H3. The van der Waals surface area contributed by atoms with Crippen LogP contribution < -0.4 is 5.73 Å². The van der Waals surface area contributed by atoms with Gasteiger partial charge in [0.15, 0.2) is 0 Å². The molecule has 100 valence electrons. The lowest BCUT2D eigenvalue weighted by molar-refractivity contribution is 0.0265. The van der Waals surface area contributed by atoms with Crippen molar-refractivity contribution < 1.29 is 13.9 Å². The molecule has 0 saturated carbocycles. The zero-order valence-electron chi connectivity index (χ0n) is 11.0. The number of alkyl halides is 1. The Hall–Kier alpha value is -0.840. The van der Waals surface area contributed by atoms with E-state index in [4.69, 9.17) is 10.5 Å². The second-order valence-electron chi connectivity index (χ2n) is 5.82. The van der Waals surface area contributed by atoms with Gasteiger partial charge in [-0.15, -0.1) is 0 Å². The van der Waals surface area contributed by atoms with Crippen molar-refractivity contribution in [1.29, 1.82) is 0 Å². The summed E-state index contributed by atoms with van der Waals surface area (Å²) in [4.78, 5) is 13.4. The molecule has 2 N–H and O–H groups in total. The molecule has 1 heterocycles. The molecule has 1 unspecified atom stereocenters. The van der Waals surface area contributed by atoms with Gasteiger partial charge >= 0.3 is 6.09 Å². The number of halogens is 1. The zero-order chi connectivity index (χ0) is 13.1. The van der Waals surface area contributed by atoms with Crippen LogP contribution in [0.5, 0.6) is 0 Å². The number of rotatable bonds is 3. The number of nitrogens with two attached hydrogens (primary N) is 1. The predicted molar refractivity (Wildman–Crippen MR) is 64.5 cm³/mol. The van der Waals surface area contributed by atoms with Crippen LogP contribution >= 0.6 is 0 Å². The summed E-state index contributed by atoms with van der Waals surface area (Å²) in [5, 5.41) is 0. The zero-order valence-corrected chi connectivity index (χ0v) is 11.0. The average Bonchev–Trinajstić information content (AvgIpc) is 2.61. The fraction of sp³-hybridized carbons (Fsp3) is 0.917. The minimum absolute atomic E-state index is 0.357. The number of ether oxygens (including phenoxy) is 1. The SMILES string of the molecule is CC(C)(C)OC(=O)N1CCC(CF)(CCN)C1. The molecule has 0 aromatic rings. The van der Waals surface area contributed by atoms with E-state index in [1.165, 1.54) is 0 Å². The molecule has 0 radical (unpaired) electrons. The highest BCUT2D eigenvalue weighted by molar-refractivity contribution is 5.68. The van der Waals surface area contributed by atoms with Crippen molar-refractivity contribution in [3.8, 4) is 0 Å². The number of nitrogens with zero attached hydrogens (tertiary/aromatic N) is 1. The number of hydrogen-bond donors (Lipinski definition) is 1.